The smallest absolute Gasteiger partial charge is 1.00 e. The summed E-state index contributed by atoms with van der Waals surface area (Å²) in [5, 5.41) is 0. The van der Waals surface area contributed by atoms with Gasteiger partial charge in [0.1, 0.15) is 0 Å². The van der Waals surface area contributed by atoms with E-state index in [0.29, 0.717) is 0 Å². The van der Waals surface area contributed by atoms with E-state index in [1.165, 1.54) is 0 Å². The Morgan fingerprint density at radius 1 is 1.50 bits per heavy atom. The van der Waals surface area contributed by atoms with Gasteiger partial charge in [-0.1, -0.05) is 0 Å². The number of hydrogen-bond donors (Lipinski definition) is 1. The fraction of sp³-hybridized carbons (Fsp3) is 0. The van der Waals surface area contributed by atoms with Crippen LogP contribution in [0.15, 0.2) is 0 Å². The van der Waals surface area contributed by atoms with E-state index in [2.05, 4.69) is 12.4 Å². The first-order valence-corrected chi connectivity index (χ1v) is 0.612. The van der Waals surface area contributed by atoms with Gasteiger partial charge in [0.2, 0.25) is 0 Å². The van der Waals surface area contributed by atoms with E-state index in [1.54, 1.807) is 0 Å². The van der Waals surface area contributed by atoms with Gasteiger partial charge < -0.3 is 2.85 Å². The van der Waals surface area contributed by atoms with Gasteiger partial charge in [0, 0.05) is 12.4 Å². The molecule has 4 heteroatoms. The first-order chi connectivity index (χ1) is 1.00. The van der Waals surface area contributed by atoms with Gasteiger partial charge in [-0.05, 0) is 0 Å². The van der Waals surface area contributed by atoms with Crippen LogP contribution in [0.5, 0.6) is 0 Å². The molecule has 0 spiro atoms. The van der Waals surface area contributed by atoms with Crippen molar-refractivity contribution >= 4 is 12.4 Å². The van der Waals surface area contributed by atoms with Crippen LogP contribution in [0, 0.1) is 4.78 Å². The van der Waals surface area contributed by atoms with Crippen molar-refractivity contribution < 1.29 is 83.8 Å². The molecule has 0 aliphatic rings. The van der Waals surface area contributed by atoms with Crippen molar-refractivity contribution in [2.45, 2.75) is 0 Å². The summed E-state index contributed by atoms with van der Waals surface area (Å²) >= 11 is 3.33. The minimum atomic E-state index is 0. The Morgan fingerprint density at radius 2 is 1.50 bits per heavy atom. The van der Waals surface area contributed by atoms with Crippen LogP contribution in [0.3, 0.4) is 0 Å². The molecule has 0 saturated heterocycles. The summed E-state index contributed by atoms with van der Waals surface area (Å²) in [6, 6.07) is 0. The summed E-state index contributed by atoms with van der Waals surface area (Å²) in [6.45, 7) is 0. The largest absolute Gasteiger partial charge is 1.00 e. The molecule has 4 heavy (non-hydrogen) atoms. The standard InChI is InChI=1S/K.HNS.Na.2H/c;1-2;;;/h;1H;;;/q+1;;+1;2*-1. The van der Waals surface area contributed by atoms with Crippen LogP contribution in [-0.2, 0) is 12.4 Å². The Hall–Kier alpha value is 2.66. The quantitative estimate of drug-likeness (QED) is 0.310. The Labute approximate surface area is 98.6 Å². The molecule has 0 amide bonds. The monoisotopic (exact) mass is 111 g/mol. The van der Waals surface area contributed by atoms with Crippen molar-refractivity contribution in [2.24, 2.45) is 0 Å². The molecule has 0 unspecified atom stereocenters. The molecule has 0 radical (unpaired) electrons. The van der Waals surface area contributed by atoms with Gasteiger partial charge in [0.05, 0.1) is 0 Å². The van der Waals surface area contributed by atoms with Crippen molar-refractivity contribution in [3.8, 4) is 0 Å². The van der Waals surface area contributed by atoms with Gasteiger partial charge in [0.25, 0.3) is 0 Å². The second kappa shape index (κ2) is 17.4. The Morgan fingerprint density at radius 3 is 1.50 bits per heavy atom. The molecule has 0 aliphatic heterocycles. The van der Waals surface area contributed by atoms with E-state index in [1.807, 2.05) is 0 Å². The van der Waals surface area contributed by atoms with Crippen LogP contribution < -0.4 is 80.9 Å². The molecule has 0 aromatic rings. The predicted molar refractivity (Wildman–Crippen MR) is 12.3 cm³/mol. The van der Waals surface area contributed by atoms with Crippen LogP contribution in [-0.4, -0.2) is 0 Å². The van der Waals surface area contributed by atoms with Crippen LogP contribution in [0.1, 0.15) is 2.85 Å². The fourth-order valence-corrected chi connectivity index (χ4v) is 0. The third kappa shape index (κ3) is 8.82. The molecule has 0 atom stereocenters. The third-order valence-electron chi connectivity index (χ3n) is 0. The maximum atomic E-state index is 5.33. The van der Waals surface area contributed by atoms with Crippen molar-refractivity contribution in [3.05, 3.63) is 0 Å². The van der Waals surface area contributed by atoms with Crippen molar-refractivity contribution in [3.63, 3.8) is 0 Å². The SMILES string of the molecule is N=S.[H-].[H-].[K+].[Na+]. The molecule has 0 saturated carbocycles. The molecule has 0 fully saturated rings. The van der Waals surface area contributed by atoms with E-state index in [-0.39, 0.29) is 83.8 Å². The zero-order valence-corrected chi connectivity index (χ0v) is 8.85. The molecular formula is H3KNNaS. The molecular weight excluding hydrogens is 108 g/mol. The van der Waals surface area contributed by atoms with Gasteiger partial charge in [-0.25, -0.2) is 4.78 Å². The van der Waals surface area contributed by atoms with Crippen LogP contribution in [0.2, 0.25) is 0 Å². The van der Waals surface area contributed by atoms with E-state index in [9.17, 15) is 0 Å². The molecule has 0 rings (SSSR count). The van der Waals surface area contributed by atoms with E-state index in [0.717, 1.165) is 0 Å². The molecule has 1 N–H and O–H groups in total. The van der Waals surface area contributed by atoms with Gasteiger partial charge in [-0.15, -0.1) is 0 Å². The van der Waals surface area contributed by atoms with Crippen LogP contribution in [0.25, 0.3) is 0 Å². The summed E-state index contributed by atoms with van der Waals surface area (Å²) in [6.07, 6.45) is 0. The summed E-state index contributed by atoms with van der Waals surface area (Å²) in [4.78, 5) is 0. The predicted octanol–water partition coefficient (Wildman–Crippen LogP) is -5.47. The van der Waals surface area contributed by atoms with Gasteiger partial charge >= 0.3 is 80.9 Å². The van der Waals surface area contributed by atoms with Crippen molar-refractivity contribution in [2.75, 3.05) is 0 Å². The Balaban J connectivity index is -0.000000000833. The minimum absolute atomic E-state index is 0. The second-order valence-corrected chi connectivity index (χ2v) is 0. The minimum Gasteiger partial charge on any atom is -1.00 e. The Bertz CT molecular complexity index is 13.5. The number of nitrogens with one attached hydrogen (secondary N) is 1. The average molecular weight is 111 g/mol. The molecule has 1 nitrogen and oxygen atoms in total. The first-order valence-electron chi connectivity index (χ1n) is 0.204. The fourth-order valence-electron chi connectivity index (χ4n) is 0. The summed E-state index contributed by atoms with van der Waals surface area (Å²) in [7, 11) is 0. The third-order valence-corrected chi connectivity index (χ3v) is 0. The van der Waals surface area contributed by atoms with Gasteiger partial charge in [-0.2, -0.15) is 0 Å². The van der Waals surface area contributed by atoms with E-state index >= 15 is 0 Å². The molecule has 0 aromatic heterocycles. The average Bonchev–Trinajstić information content (AvgIpc) is 1.00. The Kier molecular flexibility index (Phi) is 69.2. The second-order valence-electron chi connectivity index (χ2n) is 0. The summed E-state index contributed by atoms with van der Waals surface area (Å²) in [5.41, 5.74) is 0. The van der Waals surface area contributed by atoms with Gasteiger partial charge in [-0.3, -0.25) is 0 Å². The topological polar surface area (TPSA) is 23.9 Å². The van der Waals surface area contributed by atoms with Crippen molar-refractivity contribution in [1.82, 2.24) is 0 Å². The summed E-state index contributed by atoms with van der Waals surface area (Å²) in [5.74, 6) is 0. The maximum Gasteiger partial charge on any atom is 1.00 e. The first kappa shape index (κ1) is 15.9. The zero-order chi connectivity index (χ0) is 2.00. The molecule has 0 aromatic carbocycles. The molecule has 0 aliphatic carbocycles. The molecule has 16 valence electrons. The van der Waals surface area contributed by atoms with E-state index < -0.39 is 0 Å². The number of hydrogen-bond acceptors (Lipinski definition) is 2. The zero-order valence-electron chi connectivity index (χ0n) is 4.91. The van der Waals surface area contributed by atoms with Crippen LogP contribution >= 0.6 is 0 Å². The summed E-state index contributed by atoms with van der Waals surface area (Å²) < 4.78 is 5.33. The normalized spacial score (nSPS) is 1.00. The van der Waals surface area contributed by atoms with E-state index in [4.69, 9.17) is 4.78 Å². The van der Waals surface area contributed by atoms with Crippen molar-refractivity contribution in [1.29, 1.82) is 4.78 Å². The van der Waals surface area contributed by atoms with Crippen LogP contribution in [0.4, 0.5) is 0 Å². The molecule has 0 bridgehead atoms. The van der Waals surface area contributed by atoms with Gasteiger partial charge in [0.15, 0.2) is 0 Å². The molecule has 0 heterocycles. The number of rotatable bonds is 0. The maximum absolute atomic E-state index is 5.33.